The van der Waals surface area contributed by atoms with Crippen LogP contribution in [0.5, 0.6) is 11.5 Å². The molecule has 0 heterocycles. The maximum absolute atomic E-state index is 13.0. The van der Waals surface area contributed by atoms with E-state index in [9.17, 15) is 17.6 Å². The molecule has 164 valence electrons. The van der Waals surface area contributed by atoms with E-state index in [0.717, 1.165) is 22.6 Å². The van der Waals surface area contributed by atoms with Crippen LogP contribution in [0.3, 0.4) is 0 Å². The summed E-state index contributed by atoms with van der Waals surface area (Å²) in [6.07, 6.45) is 0. The fraction of sp³-hybridized carbons (Fsp3) is 0.250. The Morgan fingerprint density at radius 2 is 1.52 bits per heavy atom. The predicted molar refractivity (Wildman–Crippen MR) is 120 cm³/mol. The van der Waals surface area contributed by atoms with Crippen molar-refractivity contribution in [3.05, 3.63) is 89.7 Å². The third-order valence-electron chi connectivity index (χ3n) is 4.55. The molecule has 31 heavy (non-hydrogen) atoms. The van der Waals surface area contributed by atoms with Crippen molar-refractivity contribution in [2.75, 3.05) is 5.75 Å². The second-order valence-electron chi connectivity index (χ2n) is 7.65. The number of ether oxygens (including phenoxy) is 1. The lowest BCUT2D eigenvalue weighted by molar-refractivity contribution is -0.0328. The van der Waals surface area contributed by atoms with Gasteiger partial charge in [-0.3, -0.25) is 0 Å². The van der Waals surface area contributed by atoms with Gasteiger partial charge in [0, 0.05) is 16.4 Å². The summed E-state index contributed by atoms with van der Waals surface area (Å²) >= 11 is 1.65. The average molecular weight is 467 g/mol. The topological polar surface area (TPSA) is 9.23 Å². The van der Waals surface area contributed by atoms with Gasteiger partial charge in [-0.05, 0) is 76.8 Å². The third kappa shape index (κ3) is 7.51. The van der Waals surface area contributed by atoms with Gasteiger partial charge in [-0.15, -0.1) is 0 Å². The van der Waals surface area contributed by atoms with Gasteiger partial charge in [0.05, 0.1) is 0 Å². The van der Waals surface area contributed by atoms with Gasteiger partial charge in [-0.2, -0.15) is 24.9 Å². The van der Waals surface area contributed by atoms with E-state index in [2.05, 4.69) is 13.8 Å². The molecule has 7 heteroatoms. The van der Waals surface area contributed by atoms with Crippen LogP contribution < -0.4 is 4.74 Å². The first kappa shape index (κ1) is 23.5. The summed E-state index contributed by atoms with van der Waals surface area (Å²) in [6.45, 7) is 4.17. The highest BCUT2D eigenvalue weighted by Gasteiger charge is 2.29. The van der Waals surface area contributed by atoms with E-state index in [0.29, 0.717) is 11.5 Å². The second-order valence-corrected chi connectivity index (χ2v) is 9.78. The molecular formula is C24H22F4OS2. The van der Waals surface area contributed by atoms with Crippen molar-refractivity contribution in [1.29, 1.82) is 0 Å². The Morgan fingerprint density at radius 3 is 2.16 bits per heavy atom. The molecule has 0 atom stereocenters. The van der Waals surface area contributed by atoms with Crippen molar-refractivity contribution in [3.63, 3.8) is 0 Å². The molecular weight excluding hydrogens is 444 g/mol. The van der Waals surface area contributed by atoms with E-state index in [-0.39, 0.29) is 27.9 Å². The Balaban J connectivity index is 1.55. The molecule has 3 aromatic rings. The van der Waals surface area contributed by atoms with Crippen LogP contribution in [0, 0.1) is 5.82 Å². The Hall–Kier alpha value is -2.12. The molecule has 0 aliphatic carbocycles. The summed E-state index contributed by atoms with van der Waals surface area (Å²) in [5, 5.41) is 0. The predicted octanol–water partition coefficient (Wildman–Crippen LogP) is 8.44. The Morgan fingerprint density at radius 1 is 0.839 bits per heavy atom. The highest BCUT2D eigenvalue weighted by molar-refractivity contribution is 8.00. The van der Waals surface area contributed by atoms with E-state index in [1.807, 2.05) is 24.3 Å². The molecule has 0 radical (unpaired) electrons. The van der Waals surface area contributed by atoms with Crippen LogP contribution in [0.1, 0.15) is 25.0 Å². The number of hydrogen-bond donors (Lipinski definition) is 0. The first-order chi connectivity index (χ1) is 14.6. The lowest BCUT2D eigenvalue weighted by Crippen LogP contribution is -2.20. The number of rotatable bonds is 8. The molecule has 3 rings (SSSR count). The fourth-order valence-electron chi connectivity index (χ4n) is 2.95. The van der Waals surface area contributed by atoms with Crippen LogP contribution in [0.25, 0.3) is 0 Å². The van der Waals surface area contributed by atoms with Crippen molar-refractivity contribution in [2.45, 2.75) is 35.4 Å². The molecule has 0 aromatic heterocycles. The third-order valence-corrected chi connectivity index (χ3v) is 6.75. The number of halogens is 4. The van der Waals surface area contributed by atoms with Gasteiger partial charge in [-0.25, -0.2) is 4.39 Å². The van der Waals surface area contributed by atoms with Gasteiger partial charge in [0.15, 0.2) is 0 Å². The van der Waals surface area contributed by atoms with Crippen molar-refractivity contribution < 1.29 is 22.3 Å². The van der Waals surface area contributed by atoms with Crippen molar-refractivity contribution in [3.8, 4) is 11.5 Å². The number of hydrogen-bond acceptors (Lipinski definition) is 3. The molecule has 0 spiro atoms. The van der Waals surface area contributed by atoms with E-state index in [4.69, 9.17) is 4.74 Å². The van der Waals surface area contributed by atoms with Crippen LogP contribution in [0.15, 0.2) is 77.7 Å². The number of alkyl halides is 3. The molecule has 1 nitrogen and oxygen atoms in total. The smallest absolute Gasteiger partial charge is 0.446 e. The summed E-state index contributed by atoms with van der Waals surface area (Å²) < 4.78 is 56.3. The standard InChI is InChI=1S/C24H22F4OS2/c1-23(2,18-6-12-22(13-7-18)31-24(26,27)28)16-30-15-17-4-3-5-21(14-17)29-20-10-8-19(25)9-11-20/h3-14H,15-16H2,1-2H3. The van der Waals surface area contributed by atoms with Crippen LogP contribution in [0.2, 0.25) is 0 Å². The quantitative estimate of drug-likeness (QED) is 0.243. The zero-order chi connectivity index (χ0) is 22.5. The normalized spacial score (nSPS) is 12.1. The van der Waals surface area contributed by atoms with Crippen molar-refractivity contribution >= 4 is 23.5 Å². The largest absolute Gasteiger partial charge is 0.457 e. The molecule has 3 aromatic carbocycles. The monoisotopic (exact) mass is 466 g/mol. The Kier molecular flexibility index (Phi) is 7.59. The lowest BCUT2D eigenvalue weighted by atomic mass is 9.87. The van der Waals surface area contributed by atoms with Crippen molar-refractivity contribution in [1.82, 2.24) is 0 Å². The maximum Gasteiger partial charge on any atom is 0.446 e. The molecule has 0 saturated carbocycles. The van der Waals surface area contributed by atoms with Gasteiger partial charge in [0.25, 0.3) is 0 Å². The molecule has 0 amide bonds. The minimum Gasteiger partial charge on any atom is -0.457 e. The number of thioether (sulfide) groups is 2. The number of benzene rings is 3. The van der Waals surface area contributed by atoms with E-state index < -0.39 is 5.51 Å². The van der Waals surface area contributed by atoms with Crippen LogP contribution in [-0.2, 0) is 11.2 Å². The maximum atomic E-state index is 13.0. The van der Waals surface area contributed by atoms with Crippen LogP contribution >= 0.6 is 23.5 Å². The molecule has 0 unspecified atom stereocenters. The second kappa shape index (κ2) is 10.0. The summed E-state index contributed by atoms with van der Waals surface area (Å²) in [6, 6.07) is 20.2. The zero-order valence-corrected chi connectivity index (χ0v) is 18.7. The van der Waals surface area contributed by atoms with Crippen LogP contribution in [-0.4, -0.2) is 11.3 Å². The molecule has 0 bridgehead atoms. The highest BCUT2D eigenvalue weighted by Crippen LogP contribution is 2.38. The van der Waals surface area contributed by atoms with E-state index >= 15 is 0 Å². The fourth-order valence-corrected chi connectivity index (χ4v) is 4.69. The molecule has 0 N–H and O–H groups in total. The molecule has 0 fully saturated rings. The first-order valence-electron chi connectivity index (χ1n) is 9.57. The van der Waals surface area contributed by atoms with Gasteiger partial charge in [-0.1, -0.05) is 38.1 Å². The highest BCUT2D eigenvalue weighted by atomic mass is 32.2. The summed E-state index contributed by atoms with van der Waals surface area (Å²) in [7, 11) is 0. The summed E-state index contributed by atoms with van der Waals surface area (Å²) in [5.74, 6) is 2.52. The Labute approximate surface area is 188 Å². The van der Waals surface area contributed by atoms with Gasteiger partial charge < -0.3 is 4.74 Å². The van der Waals surface area contributed by atoms with Crippen LogP contribution in [0.4, 0.5) is 17.6 Å². The lowest BCUT2D eigenvalue weighted by Gasteiger charge is -2.25. The van der Waals surface area contributed by atoms with Gasteiger partial charge in [0.2, 0.25) is 0 Å². The van der Waals surface area contributed by atoms with E-state index in [1.165, 1.54) is 24.3 Å². The van der Waals surface area contributed by atoms with E-state index in [1.54, 1.807) is 36.0 Å². The van der Waals surface area contributed by atoms with Gasteiger partial charge >= 0.3 is 5.51 Å². The summed E-state index contributed by atoms with van der Waals surface area (Å²) in [4.78, 5) is 0.192. The average Bonchev–Trinajstić information content (AvgIpc) is 2.69. The Bertz CT molecular complexity index is 984. The minimum absolute atomic E-state index is 0.0979. The molecule has 0 saturated heterocycles. The first-order valence-corrected chi connectivity index (χ1v) is 11.5. The summed E-state index contributed by atoms with van der Waals surface area (Å²) in [5.41, 5.74) is -2.37. The van der Waals surface area contributed by atoms with Crippen molar-refractivity contribution in [2.24, 2.45) is 0 Å². The zero-order valence-electron chi connectivity index (χ0n) is 17.1. The molecule has 0 aliphatic rings. The molecule has 0 aliphatic heterocycles. The SMILES string of the molecule is CC(C)(CSCc1cccc(Oc2ccc(F)cc2)c1)c1ccc(SC(F)(F)F)cc1. The van der Waals surface area contributed by atoms with Gasteiger partial charge in [0.1, 0.15) is 17.3 Å². The minimum atomic E-state index is -4.28.